The van der Waals surface area contributed by atoms with E-state index < -0.39 is 34.5 Å². The first-order chi connectivity index (χ1) is 24.2. The monoisotopic (exact) mass is 707 g/mol. The maximum absolute atomic E-state index is 14.4. The smallest absolute Gasteiger partial charge is 0.410 e. The van der Waals surface area contributed by atoms with Crippen molar-refractivity contribution in [3.63, 3.8) is 0 Å². The molecule has 0 aromatic heterocycles. The summed E-state index contributed by atoms with van der Waals surface area (Å²) in [5.41, 5.74) is 1.04. The van der Waals surface area contributed by atoms with Gasteiger partial charge in [-0.1, -0.05) is 64.8 Å². The Morgan fingerprint density at radius 3 is 2.51 bits per heavy atom. The number of hydrogen-bond acceptors (Lipinski definition) is 5. The van der Waals surface area contributed by atoms with Gasteiger partial charge in [0.05, 0.1) is 18.2 Å². The van der Waals surface area contributed by atoms with Gasteiger partial charge in [0.2, 0.25) is 0 Å². The zero-order valence-corrected chi connectivity index (χ0v) is 31.5. The van der Waals surface area contributed by atoms with E-state index >= 15 is 0 Å². The van der Waals surface area contributed by atoms with Gasteiger partial charge in [-0.2, -0.15) is 0 Å². The number of aliphatic hydroxyl groups is 2. The number of ketones is 1. The van der Waals surface area contributed by atoms with Gasteiger partial charge in [0.15, 0.2) is 17.4 Å². The van der Waals surface area contributed by atoms with Crippen molar-refractivity contribution in [3.05, 3.63) is 81.9 Å². The van der Waals surface area contributed by atoms with Crippen LogP contribution in [0.5, 0.6) is 0 Å². The molecule has 8 heteroatoms. The Morgan fingerprint density at radius 1 is 1.04 bits per heavy atom. The van der Waals surface area contributed by atoms with Crippen molar-refractivity contribution >= 4 is 11.9 Å². The van der Waals surface area contributed by atoms with Crippen LogP contribution >= 0.6 is 0 Å². The van der Waals surface area contributed by atoms with E-state index in [0.29, 0.717) is 74.8 Å². The number of aliphatic hydroxyl groups excluding tert-OH is 1. The van der Waals surface area contributed by atoms with E-state index in [1.807, 2.05) is 19.1 Å². The van der Waals surface area contributed by atoms with Gasteiger partial charge >= 0.3 is 6.09 Å². The molecular formula is C43H59F2NO5. The average Bonchev–Trinajstić information content (AvgIpc) is 3.33. The molecule has 0 heterocycles. The number of hydrogen-bond donors (Lipinski definition) is 2. The van der Waals surface area contributed by atoms with Crippen molar-refractivity contribution in [2.45, 2.75) is 136 Å². The summed E-state index contributed by atoms with van der Waals surface area (Å²) < 4.78 is 34.6. The van der Waals surface area contributed by atoms with Crippen LogP contribution in [0.1, 0.15) is 139 Å². The lowest BCUT2D eigenvalue weighted by molar-refractivity contribution is -0.0862. The summed E-state index contributed by atoms with van der Waals surface area (Å²) >= 11 is 0. The minimum absolute atomic E-state index is 0.0380. The van der Waals surface area contributed by atoms with Gasteiger partial charge in [-0.05, 0) is 130 Å². The summed E-state index contributed by atoms with van der Waals surface area (Å²) in [5, 5.41) is 23.8. The second kappa shape index (κ2) is 16.3. The third kappa shape index (κ3) is 8.59. The average molecular weight is 708 g/mol. The molecule has 2 bridgehead atoms. The Bertz CT molecular complexity index is 1590. The first-order valence-electron chi connectivity index (χ1n) is 19.3. The van der Waals surface area contributed by atoms with Crippen molar-refractivity contribution in [1.82, 2.24) is 4.90 Å². The Balaban J connectivity index is 1.53. The molecule has 0 saturated heterocycles. The van der Waals surface area contributed by atoms with Crippen LogP contribution in [0.3, 0.4) is 0 Å². The molecule has 51 heavy (non-hydrogen) atoms. The van der Waals surface area contributed by atoms with Crippen molar-refractivity contribution in [2.75, 3.05) is 13.1 Å². The molecule has 0 spiro atoms. The summed E-state index contributed by atoms with van der Waals surface area (Å²) in [6, 6.07) is 8.84. The molecule has 2 fully saturated rings. The predicted octanol–water partition coefficient (Wildman–Crippen LogP) is 9.54. The normalized spacial score (nSPS) is 30.0. The standard InChI is InChI=1S/C43H59F2NO5/c1-7-21-46(41(49)51-39-22-29(5)11-15-33(39)27(2)3)26-43(50)20-18-36-34-16-12-30(23-32(47)14-10-28(4)9-8-19-42(36,43)6)24-35(34)40(48)31-13-17-37(44)38(45)25-31/h9,12-13,16-17,24-25,27,29,32-33,36,39,47,50H,7-8,10-11,14-15,18-23,26H2,1-6H3. The minimum atomic E-state index is -1.29. The highest BCUT2D eigenvalue weighted by molar-refractivity contribution is 6.10. The van der Waals surface area contributed by atoms with E-state index in [4.69, 9.17) is 4.74 Å². The van der Waals surface area contributed by atoms with E-state index in [2.05, 4.69) is 40.7 Å². The second-order valence-corrected chi connectivity index (χ2v) is 16.6. The maximum atomic E-state index is 14.4. The first-order valence-corrected chi connectivity index (χ1v) is 19.3. The zero-order valence-electron chi connectivity index (χ0n) is 31.5. The first kappa shape index (κ1) is 39.1. The molecule has 4 aliphatic carbocycles. The largest absolute Gasteiger partial charge is 0.446 e. The molecule has 7 unspecified atom stereocenters. The maximum Gasteiger partial charge on any atom is 0.410 e. The summed E-state index contributed by atoms with van der Waals surface area (Å²) in [6.45, 7) is 13.3. The molecule has 1 amide bonds. The number of ether oxygens (including phenoxy) is 1. The highest BCUT2D eigenvalue weighted by atomic mass is 19.2. The Kier molecular flexibility index (Phi) is 12.5. The van der Waals surface area contributed by atoms with Crippen LogP contribution in [-0.4, -0.2) is 57.9 Å². The van der Waals surface area contributed by atoms with Crippen molar-refractivity contribution < 1.29 is 33.3 Å². The van der Waals surface area contributed by atoms with Crippen LogP contribution in [0, 0.1) is 34.8 Å². The van der Waals surface area contributed by atoms with E-state index in [1.165, 1.54) is 11.6 Å². The fourth-order valence-electron chi connectivity index (χ4n) is 9.26. The third-order valence-electron chi connectivity index (χ3n) is 12.5. The predicted molar refractivity (Wildman–Crippen MR) is 197 cm³/mol. The fraction of sp³-hybridized carbons (Fsp3) is 0.628. The Morgan fingerprint density at radius 2 is 1.80 bits per heavy atom. The number of rotatable bonds is 8. The van der Waals surface area contributed by atoms with E-state index in [-0.39, 0.29) is 30.2 Å². The number of amides is 1. The number of fused-ring (bicyclic) bond motifs is 8. The highest BCUT2D eigenvalue weighted by Gasteiger charge is 2.58. The van der Waals surface area contributed by atoms with Gasteiger partial charge in [0.25, 0.3) is 0 Å². The SMILES string of the molecule is CCCN(CC1(O)CCC2c3ccc(cc3C(=O)c3ccc(F)c(F)c3)CC(O)CCC(C)=CCCC21C)C(=O)OC1CC(C)CCC1C(C)C. The summed E-state index contributed by atoms with van der Waals surface area (Å²) in [4.78, 5) is 29.9. The summed E-state index contributed by atoms with van der Waals surface area (Å²) in [5.74, 6) is -1.64. The van der Waals surface area contributed by atoms with Gasteiger partial charge in [-0.3, -0.25) is 4.79 Å². The number of carbonyl (C=O) groups excluding carboxylic acids is 2. The lowest BCUT2D eigenvalue weighted by Crippen LogP contribution is -2.54. The molecule has 2 N–H and O–H groups in total. The fourth-order valence-corrected chi connectivity index (χ4v) is 9.26. The highest BCUT2D eigenvalue weighted by Crippen LogP contribution is 2.59. The topological polar surface area (TPSA) is 87.1 Å². The number of nitrogens with zero attached hydrogens (tertiary/aromatic N) is 1. The number of carbonyl (C=O) groups is 2. The quantitative estimate of drug-likeness (QED) is 0.211. The molecule has 4 aliphatic rings. The molecule has 2 aromatic carbocycles. The molecule has 6 nitrogen and oxygen atoms in total. The molecular weight excluding hydrogens is 648 g/mol. The number of halogens is 2. The van der Waals surface area contributed by atoms with Gasteiger partial charge in [0, 0.05) is 23.1 Å². The van der Waals surface area contributed by atoms with Crippen molar-refractivity contribution in [1.29, 1.82) is 0 Å². The molecule has 7 atom stereocenters. The van der Waals surface area contributed by atoms with Crippen LogP contribution in [-0.2, 0) is 11.2 Å². The van der Waals surface area contributed by atoms with Crippen molar-refractivity contribution in [3.8, 4) is 0 Å². The second-order valence-electron chi connectivity index (χ2n) is 16.6. The third-order valence-corrected chi connectivity index (χ3v) is 12.5. The van der Waals surface area contributed by atoms with Crippen LogP contribution in [0.2, 0.25) is 0 Å². The van der Waals surface area contributed by atoms with E-state index in [0.717, 1.165) is 48.9 Å². The lowest BCUT2D eigenvalue weighted by Gasteiger charge is -2.46. The van der Waals surface area contributed by atoms with Crippen LogP contribution < -0.4 is 0 Å². The summed E-state index contributed by atoms with van der Waals surface area (Å²) in [6.07, 6.45) is 8.64. The van der Waals surface area contributed by atoms with Crippen LogP contribution in [0.25, 0.3) is 0 Å². The lowest BCUT2D eigenvalue weighted by atomic mass is 9.64. The van der Waals surface area contributed by atoms with Gasteiger partial charge < -0.3 is 19.8 Å². The molecule has 0 aliphatic heterocycles. The molecule has 0 radical (unpaired) electrons. The van der Waals surface area contributed by atoms with Gasteiger partial charge in [-0.15, -0.1) is 0 Å². The Labute approximate surface area is 303 Å². The van der Waals surface area contributed by atoms with Gasteiger partial charge in [0.1, 0.15) is 6.10 Å². The van der Waals surface area contributed by atoms with Gasteiger partial charge in [-0.25, -0.2) is 13.6 Å². The van der Waals surface area contributed by atoms with E-state index in [1.54, 1.807) is 11.0 Å². The van der Waals surface area contributed by atoms with Crippen LogP contribution in [0.4, 0.5) is 13.6 Å². The number of allylic oxidation sites excluding steroid dienone is 2. The zero-order chi connectivity index (χ0) is 37.1. The van der Waals surface area contributed by atoms with Crippen molar-refractivity contribution in [2.24, 2.45) is 23.2 Å². The Hall–Kier alpha value is -3.10. The molecule has 280 valence electrons. The molecule has 2 aromatic rings. The van der Waals surface area contributed by atoms with Crippen LogP contribution in [0.15, 0.2) is 48.0 Å². The molecule has 6 rings (SSSR count). The molecule has 2 saturated carbocycles. The number of benzene rings is 2. The van der Waals surface area contributed by atoms with E-state index in [9.17, 15) is 28.6 Å². The summed E-state index contributed by atoms with van der Waals surface area (Å²) in [7, 11) is 0. The minimum Gasteiger partial charge on any atom is -0.446 e.